The van der Waals surface area contributed by atoms with Crippen molar-refractivity contribution in [2.75, 3.05) is 0 Å². The zero-order valence-electron chi connectivity index (χ0n) is 14.2. The highest BCUT2D eigenvalue weighted by molar-refractivity contribution is 6.30. The van der Waals surface area contributed by atoms with Gasteiger partial charge in [-0.1, -0.05) is 30.7 Å². The maximum atomic E-state index is 12.7. The van der Waals surface area contributed by atoms with Gasteiger partial charge in [-0.15, -0.1) is 11.6 Å². The summed E-state index contributed by atoms with van der Waals surface area (Å²) in [6, 6.07) is 8.76. The molecule has 2 aromatic heterocycles. The molecule has 7 heteroatoms. The second-order valence-electron chi connectivity index (χ2n) is 5.94. The van der Waals surface area contributed by atoms with Crippen LogP contribution in [-0.4, -0.2) is 10.5 Å². The van der Waals surface area contributed by atoms with Gasteiger partial charge in [-0.2, -0.15) is 0 Å². The van der Waals surface area contributed by atoms with Gasteiger partial charge in [-0.25, -0.2) is 0 Å². The molecule has 0 unspecified atom stereocenters. The molecule has 0 radical (unpaired) electrons. The summed E-state index contributed by atoms with van der Waals surface area (Å²) in [4.78, 5) is 25.3. The van der Waals surface area contributed by atoms with E-state index in [1.54, 1.807) is 29.0 Å². The largest absolute Gasteiger partial charge is 0.443 e. The third-order valence-corrected chi connectivity index (χ3v) is 4.52. The summed E-state index contributed by atoms with van der Waals surface area (Å²) in [5.41, 5.74) is 1.06. The molecule has 1 N–H and O–H groups in total. The Balaban J connectivity index is 1.92. The van der Waals surface area contributed by atoms with Crippen LogP contribution in [-0.2, 0) is 19.0 Å². The Morgan fingerprint density at radius 3 is 2.65 bits per heavy atom. The lowest BCUT2D eigenvalue weighted by atomic mass is 10.1. The molecule has 2 heterocycles. The first-order valence-corrected chi connectivity index (χ1v) is 9.19. The predicted octanol–water partition coefficient (Wildman–Crippen LogP) is 4.33. The number of hydrogen-bond donors (Lipinski definition) is 1. The van der Waals surface area contributed by atoms with E-state index in [9.17, 15) is 9.59 Å². The van der Waals surface area contributed by atoms with E-state index in [2.05, 4.69) is 5.32 Å². The van der Waals surface area contributed by atoms with Gasteiger partial charge in [-0.05, 0) is 30.2 Å². The number of nitrogens with one attached hydrogen (secondary N) is 1. The van der Waals surface area contributed by atoms with Crippen LogP contribution < -0.4 is 10.7 Å². The zero-order chi connectivity index (χ0) is 18.7. The Bertz CT molecular complexity index is 990. The summed E-state index contributed by atoms with van der Waals surface area (Å²) in [5, 5.41) is 3.77. The highest BCUT2D eigenvalue weighted by Crippen LogP contribution is 2.19. The summed E-state index contributed by atoms with van der Waals surface area (Å²) < 4.78 is 7.43. The summed E-state index contributed by atoms with van der Waals surface area (Å²) in [7, 11) is 0. The van der Waals surface area contributed by atoms with Crippen molar-refractivity contribution < 1.29 is 9.21 Å². The molecule has 0 aliphatic heterocycles. The molecule has 3 rings (SSSR count). The van der Waals surface area contributed by atoms with Crippen molar-refractivity contribution >= 4 is 40.2 Å². The van der Waals surface area contributed by atoms with Crippen molar-refractivity contribution in [1.82, 2.24) is 9.88 Å². The molecular weight excluding hydrogens is 375 g/mol. The van der Waals surface area contributed by atoms with Gasteiger partial charge in [0.25, 0.3) is 5.91 Å². The van der Waals surface area contributed by atoms with E-state index in [-0.39, 0.29) is 16.9 Å². The minimum Gasteiger partial charge on any atom is -0.443 e. The van der Waals surface area contributed by atoms with Crippen LogP contribution in [0.25, 0.3) is 11.1 Å². The number of pyridine rings is 1. The normalized spacial score (nSPS) is 11.0. The third kappa shape index (κ3) is 3.79. The number of fused-ring (bicyclic) bond motifs is 1. The van der Waals surface area contributed by atoms with Gasteiger partial charge in [0.15, 0.2) is 0 Å². The smallest absolute Gasteiger partial charge is 0.257 e. The van der Waals surface area contributed by atoms with Crippen LogP contribution in [0.4, 0.5) is 0 Å². The lowest BCUT2D eigenvalue weighted by Crippen LogP contribution is -2.29. The van der Waals surface area contributed by atoms with Crippen LogP contribution >= 0.6 is 23.2 Å². The van der Waals surface area contributed by atoms with E-state index in [1.807, 2.05) is 19.1 Å². The maximum absolute atomic E-state index is 12.7. The molecule has 5 nitrogen and oxygen atoms in total. The number of alkyl halides is 1. The molecule has 0 saturated carbocycles. The number of hydrogen-bond acceptors (Lipinski definition) is 3. The van der Waals surface area contributed by atoms with Crippen LogP contribution in [0, 0.1) is 0 Å². The molecule has 0 spiro atoms. The minimum absolute atomic E-state index is 0.0850. The first kappa shape index (κ1) is 18.5. The van der Waals surface area contributed by atoms with Gasteiger partial charge >= 0.3 is 0 Å². The molecule has 26 heavy (non-hydrogen) atoms. The number of amides is 1. The topological polar surface area (TPSA) is 64.2 Å². The van der Waals surface area contributed by atoms with E-state index in [0.29, 0.717) is 35.0 Å². The molecule has 0 atom stereocenters. The number of benzene rings is 1. The number of halogens is 2. The zero-order valence-corrected chi connectivity index (χ0v) is 15.7. The Morgan fingerprint density at radius 1 is 1.27 bits per heavy atom. The molecular formula is C19H18Cl2N2O3. The van der Waals surface area contributed by atoms with E-state index in [4.69, 9.17) is 27.6 Å². The van der Waals surface area contributed by atoms with Crippen LogP contribution in [0.3, 0.4) is 0 Å². The first-order chi connectivity index (χ1) is 12.5. The lowest BCUT2D eigenvalue weighted by Gasteiger charge is -2.10. The summed E-state index contributed by atoms with van der Waals surface area (Å²) in [6.07, 6.45) is 2.38. The van der Waals surface area contributed by atoms with Crippen molar-refractivity contribution in [3.8, 4) is 0 Å². The van der Waals surface area contributed by atoms with E-state index >= 15 is 0 Å². The monoisotopic (exact) mass is 392 g/mol. The molecule has 1 aromatic carbocycles. The molecule has 136 valence electrons. The number of aromatic nitrogens is 1. The number of carbonyl (C=O) groups is 1. The van der Waals surface area contributed by atoms with Crippen LogP contribution in [0.2, 0.25) is 5.02 Å². The number of carbonyl (C=O) groups excluding carboxylic acids is 1. The minimum atomic E-state index is -0.426. The average molecular weight is 393 g/mol. The molecule has 0 aliphatic carbocycles. The van der Waals surface area contributed by atoms with Gasteiger partial charge in [-0.3, -0.25) is 9.59 Å². The quantitative estimate of drug-likeness (QED) is 0.635. The van der Waals surface area contributed by atoms with Crippen LogP contribution in [0.5, 0.6) is 0 Å². The van der Waals surface area contributed by atoms with E-state index in [1.165, 1.54) is 0 Å². The Kier molecular flexibility index (Phi) is 5.69. The third-order valence-electron chi connectivity index (χ3n) is 4.01. The molecule has 0 bridgehead atoms. The van der Waals surface area contributed by atoms with Crippen molar-refractivity contribution in [3.63, 3.8) is 0 Å². The van der Waals surface area contributed by atoms with Gasteiger partial charge in [0.2, 0.25) is 11.1 Å². The van der Waals surface area contributed by atoms with Crippen molar-refractivity contribution in [2.24, 2.45) is 0 Å². The van der Waals surface area contributed by atoms with Crippen molar-refractivity contribution in [1.29, 1.82) is 0 Å². The molecule has 0 saturated heterocycles. The summed E-state index contributed by atoms with van der Waals surface area (Å²) in [6.45, 7) is 2.94. The Hall–Kier alpha value is -2.24. The average Bonchev–Trinajstić information content (AvgIpc) is 3.08. The van der Waals surface area contributed by atoms with Crippen molar-refractivity contribution in [2.45, 2.75) is 32.3 Å². The second kappa shape index (κ2) is 7.98. The van der Waals surface area contributed by atoms with Crippen LogP contribution in [0.15, 0.2) is 45.7 Å². The van der Waals surface area contributed by atoms with Gasteiger partial charge in [0, 0.05) is 24.3 Å². The molecule has 1 amide bonds. The number of aryl methyl sites for hydroxylation is 1. The summed E-state index contributed by atoms with van der Waals surface area (Å²) >= 11 is 11.7. The van der Waals surface area contributed by atoms with Crippen LogP contribution in [0.1, 0.15) is 35.0 Å². The highest BCUT2D eigenvalue weighted by atomic mass is 35.5. The molecule has 0 aliphatic rings. The van der Waals surface area contributed by atoms with Gasteiger partial charge in [0.05, 0.1) is 11.3 Å². The van der Waals surface area contributed by atoms with E-state index < -0.39 is 5.91 Å². The second-order valence-corrected chi connectivity index (χ2v) is 6.64. The lowest BCUT2D eigenvalue weighted by molar-refractivity contribution is 0.0949. The number of rotatable bonds is 6. The number of nitrogens with zero attached hydrogens (tertiary/aromatic N) is 1. The molecule has 0 fully saturated rings. The fourth-order valence-corrected chi connectivity index (χ4v) is 3.00. The van der Waals surface area contributed by atoms with Crippen molar-refractivity contribution in [3.05, 3.63) is 68.7 Å². The predicted molar refractivity (Wildman–Crippen MR) is 103 cm³/mol. The maximum Gasteiger partial charge on any atom is 0.257 e. The Morgan fingerprint density at radius 2 is 2.00 bits per heavy atom. The fraction of sp³-hybridized carbons (Fsp3) is 0.263. The SMILES string of the molecule is CCCn1cc(C(=O)NCc2ccc(Cl)cc2)c(=O)c2cc(CCl)oc21. The standard InChI is InChI=1S/C19H18Cl2N2O3/c1-2-7-23-11-16(17(24)15-8-14(9-20)26-19(15)23)18(25)22-10-12-3-5-13(21)6-4-12/h3-6,8,11H,2,7,9-10H2,1H3,(H,22,25). The highest BCUT2D eigenvalue weighted by Gasteiger charge is 2.18. The number of furan rings is 1. The Labute approximate surface area is 160 Å². The van der Waals surface area contributed by atoms with E-state index in [0.717, 1.165) is 12.0 Å². The van der Waals surface area contributed by atoms with Gasteiger partial charge < -0.3 is 14.3 Å². The fourth-order valence-electron chi connectivity index (χ4n) is 2.74. The van der Waals surface area contributed by atoms with Gasteiger partial charge in [0.1, 0.15) is 11.3 Å². The summed E-state index contributed by atoms with van der Waals surface area (Å²) in [5.74, 6) is 0.242. The first-order valence-electron chi connectivity index (χ1n) is 8.28. The molecule has 3 aromatic rings.